The molecule has 5 nitrogen and oxygen atoms in total. The molecule has 0 radical (unpaired) electrons. The van der Waals surface area contributed by atoms with Crippen molar-refractivity contribution in [2.45, 2.75) is 0 Å². The van der Waals surface area contributed by atoms with Gasteiger partial charge in [0, 0.05) is 0 Å². The minimum absolute atomic E-state index is 0.228. The number of carbonyl (C=O) groups is 1. The molecule has 1 aromatic carbocycles. The van der Waals surface area contributed by atoms with E-state index in [1.165, 1.54) is 0 Å². The molecule has 0 fully saturated rings. The van der Waals surface area contributed by atoms with E-state index < -0.39 is 28.9 Å². The molecule has 0 atom stereocenters. The molecule has 88 valence electrons. The van der Waals surface area contributed by atoms with E-state index in [0.717, 1.165) is 18.2 Å². The van der Waals surface area contributed by atoms with Gasteiger partial charge >= 0.3 is 5.97 Å². The lowest BCUT2D eigenvalue weighted by atomic mass is 10.1. The molecule has 0 spiro atoms. The van der Waals surface area contributed by atoms with Crippen LogP contribution in [0.15, 0.2) is 18.2 Å². The molecule has 1 aromatic heterocycles. The SMILES string of the molecule is O=C(O)c1cc(-c2c(F)ccc(O)c2F)n[nH]1. The number of phenolic OH excluding ortho intramolecular Hbond substituents is 1. The van der Waals surface area contributed by atoms with E-state index in [9.17, 15) is 13.6 Å². The van der Waals surface area contributed by atoms with Crippen molar-refractivity contribution < 1.29 is 23.8 Å². The molecule has 17 heavy (non-hydrogen) atoms. The Morgan fingerprint density at radius 1 is 1.35 bits per heavy atom. The van der Waals surface area contributed by atoms with Crippen LogP contribution in [0.4, 0.5) is 8.78 Å². The second-order valence-electron chi connectivity index (χ2n) is 3.23. The number of benzene rings is 1. The van der Waals surface area contributed by atoms with Crippen molar-refractivity contribution in [3.8, 4) is 17.0 Å². The summed E-state index contributed by atoms with van der Waals surface area (Å²) < 4.78 is 26.8. The van der Waals surface area contributed by atoms with Crippen LogP contribution in [0.5, 0.6) is 5.75 Å². The Morgan fingerprint density at radius 2 is 2.06 bits per heavy atom. The van der Waals surface area contributed by atoms with Crippen molar-refractivity contribution in [2.24, 2.45) is 0 Å². The Hall–Kier alpha value is -2.44. The molecule has 1 heterocycles. The summed E-state index contributed by atoms with van der Waals surface area (Å²) in [6.07, 6.45) is 0. The van der Waals surface area contributed by atoms with Crippen molar-refractivity contribution in [3.63, 3.8) is 0 Å². The predicted octanol–water partition coefficient (Wildman–Crippen LogP) is 1.76. The smallest absolute Gasteiger partial charge is 0.353 e. The number of aromatic amines is 1. The fraction of sp³-hybridized carbons (Fsp3) is 0. The number of hydrogen-bond donors (Lipinski definition) is 3. The van der Waals surface area contributed by atoms with E-state index in [1.807, 2.05) is 0 Å². The number of hydrogen-bond acceptors (Lipinski definition) is 3. The van der Waals surface area contributed by atoms with E-state index in [0.29, 0.717) is 0 Å². The molecule has 0 saturated heterocycles. The third-order valence-electron chi connectivity index (χ3n) is 2.14. The molecule has 2 rings (SSSR count). The van der Waals surface area contributed by atoms with E-state index in [4.69, 9.17) is 10.2 Å². The first-order valence-electron chi connectivity index (χ1n) is 4.46. The number of nitrogens with one attached hydrogen (secondary N) is 1. The maximum absolute atomic E-state index is 13.5. The standard InChI is InChI=1S/C10H6F2N2O3/c11-4-1-2-7(15)9(12)8(4)5-3-6(10(16)17)14-13-5/h1-3,15H,(H,13,14)(H,16,17). The lowest BCUT2D eigenvalue weighted by Gasteiger charge is -2.02. The second-order valence-corrected chi connectivity index (χ2v) is 3.23. The van der Waals surface area contributed by atoms with Crippen molar-refractivity contribution in [1.29, 1.82) is 0 Å². The largest absolute Gasteiger partial charge is 0.505 e. The molecule has 0 aliphatic carbocycles. The monoisotopic (exact) mass is 240 g/mol. The highest BCUT2D eigenvalue weighted by Gasteiger charge is 2.19. The molecule has 2 aromatic rings. The maximum atomic E-state index is 13.5. The summed E-state index contributed by atoms with van der Waals surface area (Å²) >= 11 is 0. The van der Waals surface area contributed by atoms with Crippen LogP contribution in [0, 0.1) is 11.6 Å². The Morgan fingerprint density at radius 3 is 2.65 bits per heavy atom. The predicted molar refractivity (Wildman–Crippen MR) is 52.6 cm³/mol. The van der Waals surface area contributed by atoms with E-state index in [2.05, 4.69) is 10.2 Å². The van der Waals surface area contributed by atoms with Crippen molar-refractivity contribution >= 4 is 5.97 Å². The van der Waals surface area contributed by atoms with Crippen LogP contribution in [-0.2, 0) is 0 Å². The molecule has 0 bridgehead atoms. The van der Waals surface area contributed by atoms with Gasteiger partial charge in [0.1, 0.15) is 11.5 Å². The number of rotatable bonds is 2. The summed E-state index contributed by atoms with van der Waals surface area (Å²) in [5, 5.41) is 23.3. The Balaban J connectivity index is 2.60. The van der Waals surface area contributed by atoms with Crippen LogP contribution in [-0.4, -0.2) is 26.4 Å². The number of carboxylic acid groups (broad SMARTS) is 1. The lowest BCUT2D eigenvalue weighted by Crippen LogP contribution is -1.95. The molecule has 0 aliphatic rings. The summed E-state index contributed by atoms with van der Waals surface area (Å²) in [5.74, 6) is -4.16. The first kappa shape index (κ1) is 11.1. The van der Waals surface area contributed by atoms with Gasteiger partial charge < -0.3 is 10.2 Å². The molecule has 0 amide bonds. The average Bonchev–Trinajstić information content (AvgIpc) is 2.73. The highest BCUT2D eigenvalue weighted by molar-refractivity contribution is 5.87. The summed E-state index contributed by atoms with van der Waals surface area (Å²) in [4.78, 5) is 10.6. The number of aromatic nitrogens is 2. The van der Waals surface area contributed by atoms with Gasteiger partial charge in [0.2, 0.25) is 0 Å². The number of carboxylic acids is 1. The van der Waals surface area contributed by atoms with Crippen molar-refractivity contribution in [3.05, 3.63) is 35.5 Å². The zero-order chi connectivity index (χ0) is 12.6. The number of aromatic carboxylic acids is 1. The lowest BCUT2D eigenvalue weighted by molar-refractivity contribution is 0.0690. The third kappa shape index (κ3) is 1.82. The summed E-state index contributed by atoms with van der Waals surface area (Å²) in [6, 6.07) is 2.70. The van der Waals surface area contributed by atoms with Crippen molar-refractivity contribution in [2.75, 3.05) is 0 Å². The zero-order valence-corrected chi connectivity index (χ0v) is 8.24. The van der Waals surface area contributed by atoms with E-state index in [-0.39, 0.29) is 11.4 Å². The summed E-state index contributed by atoms with van der Waals surface area (Å²) in [5.41, 5.74) is -1.11. The molecule has 0 aliphatic heterocycles. The Kier molecular flexibility index (Phi) is 2.51. The van der Waals surface area contributed by atoms with Gasteiger partial charge in [0.05, 0.1) is 11.3 Å². The third-order valence-corrected chi connectivity index (χ3v) is 2.14. The van der Waals surface area contributed by atoms with Gasteiger partial charge in [-0.1, -0.05) is 0 Å². The number of H-pyrrole nitrogens is 1. The molecular formula is C10H6F2N2O3. The number of phenols is 1. The van der Waals surface area contributed by atoms with Gasteiger partial charge in [-0.15, -0.1) is 0 Å². The van der Waals surface area contributed by atoms with Gasteiger partial charge in [-0.25, -0.2) is 13.6 Å². The van der Waals surface area contributed by atoms with Crippen LogP contribution in [0.3, 0.4) is 0 Å². The molecule has 7 heteroatoms. The Labute approximate surface area is 93.3 Å². The highest BCUT2D eigenvalue weighted by atomic mass is 19.1. The minimum Gasteiger partial charge on any atom is -0.505 e. The summed E-state index contributed by atoms with van der Waals surface area (Å²) in [6.45, 7) is 0. The normalized spacial score (nSPS) is 10.5. The first-order valence-corrected chi connectivity index (χ1v) is 4.46. The molecule has 0 saturated carbocycles. The first-order chi connectivity index (χ1) is 8.00. The molecule has 3 N–H and O–H groups in total. The van der Waals surface area contributed by atoms with Gasteiger partial charge in [-0.05, 0) is 18.2 Å². The quantitative estimate of drug-likeness (QED) is 0.746. The van der Waals surface area contributed by atoms with E-state index in [1.54, 1.807) is 0 Å². The fourth-order valence-corrected chi connectivity index (χ4v) is 1.34. The molecule has 0 unspecified atom stereocenters. The number of nitrogens with zero attached hydrogens (tertiary/aromatic N) is 1. The highest BCUT2D eigenvalue weighted by Crippen LogP contribution is 2.30. The maximum Gasteiger partial charge on any atom is 0.353 e. The van der Waals surface area contributed by atoms with Gasteiger partial charge in [0.25, 0.3) is 0 Å². The van der Waals surface area contributed by atoms with Crippen LogP contribution in [0.2, 0.25) is 0 Å². The van der Waals surface area contributed by atoms with Gasteiger partial charge in [-0.2, -0.15) is 5.10 Å². The van der Waals surface area contributed by atoms with Crippen LogP contribution < -0.4 is 0 Å². The van der Waals surface area contributed by atoms with Crippen LogP contribution >= 0.6 is 0 Å². The van der Waals surface area contributed by atoms with E-state index >= 15 is 0 Å². The molecular weight excluding hydrogens is 234 g/mol. The van der Waals surface area contributed by atoms with Crippen LogP contribution in [0.25, 0.3) is 11.3 Å². The minimum atomic E-state index is -1.30. The van der Waals surface area contributed by atoms with Gasteiger partial charge in [-0.3, -0.25) is 5.10 Å². The number of halogens is 2. The fourth-order valence-electron chi connectivity index (χ4n) is 1.34. The topological polar surface area (TPSA) is 86.2 Å². The Bertz CT molecular complexity index is 595. The number of aromatic hydroxyl groups is 1. The average molecular weight is 240 g/mol. The van der Waals surface area contributed by atoms with Gasteiger partial charge in [0.15, 0.2) is 11.6 Å². The van der Waals surface area contributed by atoms with Crippen molar-refractivity contribution in [1.82, 2.24) is 10.2 Å². The summed E-state index contributed by atoms with van der Waals surface area (Å²) in [7, 11) is 0. The second kappa shape index (κ2) is 3.85. The zero-order valence-electron chi connectivity index (χ0n) is 8.24. The van der Waals surface area contributed by atoms with Crippen LogP contribution in [0.1, 0.15) is 10.5 Å².